The summed E-state index contributed by atoms with van der Waals surface area (Å²) in [4.78, 5) is 0. The molecule has 0 aromatic heterocycles. The van der Waals surface area contributed by atoms with Gasteiger partial charge in [0, 0.05) is 5.75 Å². The summed E-state index contributed by atoms with van der Waals surface area (Å²) < 4.78 is 22.5. The van der Waals surface area contributed by atoms with Gasteiger partial charge >= 0.3 is 0 Å². The largest absolute Gasteiger partial charge is 0.229 e. The summed E-state index contributed by atoms with van der Waals surface area (Å²) in [6, 6.07) is 0. The number of rotatable bonds is 6. The Kier molecular flexibility index (Phi) is 5.55. The molecule has 0 aromatic carbocycles. The lowest BCUT2D eigenvalue weighted by Crippen LogP contribution is -2.17. The molecule has 1 atom stereocenters. The van der Waals surface area contributed by atoms with E-state index >= 15 is 0 Å². The Bertz CT molecular complexity index is 195. The van der Waals surface area contributed by atoms with Crippen molar-refractivity contribution in [1.29, 1.82) is 0 Å². The third kappa shape index (κ3) is 4.75. The second kappa shape index (κ2) is 5.57. The van der Waals surface area contributed by atoms with Crippen molar-refractivity contribution in [2.45, 2.75) is 40.0 Å². The molecule has 0 saturated heterocycles. The van der Waals surface area contributed by atoms with Gasteiger partial charge in [-0.2, -0.15) is 0 Å². The summed E-state index contributed by atoms with van der Waals surface area (Å²) in [5, 5.41) is 0. The highest BCUT2D eigenvalue weighted by Gasteiger charge is 2.14. The van der Waals surface area contributed by atoms with E-state index in [9.17, 15) is 8.42 Å². The van der Waals surface area contributed by atoms with E-state index < -0.39 is 9.84 Å². The molecule has 0 fully saturated rings. The third-order valence-corrected chi connectivity index (χ3v) is 4.06. The lowest BCUT2D eigenvalue weighted by Gasteiger charge is -2.12. The zero-order valence-electron chi connectivity index (χ0n) is 8.34. The first-order chi connectivity index (χ1) is 5.55. The molecule has 0 heterocycles. The number of hydrogen-bond acceptors (Lipinski definition) is 2. The van der Waals surface area contributed by atoms with Crippen LogP contribution in [0.5, 0.6) is 0 Å². The predicted octanol–water partition coefficient (Wildman–Crippen LogP) is 2.25. The quantitative estimate of drug-likeness (QED) is 0.647. The van der Waals surface area contributed by atoms with Crippen LogP contribution in [0.25, 0.3) is 0 Å². The molecule has 0 spiro atoms. The minimum absolute atomic E-state index is 0.285. The lowest BCUT2D eigenvalue weighted by atomic mass is 10.0. The van der Waals surface area contributed by atoms with Crippen molar-refractivity contribution in [3.05, 3.63) is 0 Å². The zero-order chi connectivity index (χ0) is 9.61. The molecule has 0 radical (unpaired) electrons. The summed E-state index contributed by atoms with van der Waals surface area (Å²) in [6.07, 6.45) is 3.10. The second-order valence-corrected chi connectivity index (χ2v) is 5.66. The Morgan fingerprint density at radius 3 is 2.08 bits per heavy atom. The van der Waals surface area contributed by atoms with Crippen molar-refractivity contribution in [1.82, 2.24) is 0 Å². The van der Waals surface area contributed by atoms with E-state index in [0.29, 0.717) is 11.7 Å². The van der Waals surface area contributed by atoms with E-state index in [4.69, 9.17) is 0 Å². The van der Waals surface area contributed by atoms with E-state index in [1.54, 1.807) is 6.92 Å². The van der Waals surface area contributed by atoms with Crippen LogP contribution in [0.2, 0.25) is 0 Å². The molecule has 0 rings (SSSR count). The maximum absolute atomic E-state index is 11.2. The fourth-order valence-electron chi connectivity index (χ4n) is 1.29. The second-order valence-electron chi connectivity index (χ2n) is 3.26. The van der Waals surface area contributed by atoms with Crippen LogP contribution in [0.4, 0.5) is 0 Å². The van der Waals surface area contributed by atoms with Gasteiger partial charge in [0.05, 0.1) is 5.75 Å². The summed E-state index contributed by atoms with van der Waals surface area (Å²) >= 11 is 0. The van der Waals surface area contributed by atoms with Crippen LogP contribution in [0.3, 0.4) is 0 Å². The van der Waals surface area contributed by atoms with Crippen molar-refractivity contribution < 1.29 is 8.42 Å². The van der Waals surface area contributed by atoms with E-state index in [0.717, 1.165) is 19.3 Å². The smallest absolute Gasteiger partial charge is 0.150 e. The van der Waals surface area contributed by atoms with Gasteiger partial charge in [-0.05, 0) is 12.3 Å². The molecule has 0 aliphatic carbocycles. The Labute approximate surface area is 76.3 Å². The van der Waals surface area contributed by atoms with Gasteiger partial charge < -0.3 is 0 Å². The predicted molar refractivity (Wildman–Crippen MR) is 53.0 cm³/mol. The molecule has 0 aromatic rings. The summed E-state index contributed by atoms with van der Waals surface area (Å²) in [6.45, 7) is 5.88. The van der Waals surface area contributed by atoms with Crippen molar-refractivity contribution in [3.63, 3.8) is 0 Å². The first kappa shape index (κ1) is 11.9. The topological polar surface area (TPSA) is 34.1 Å². The Balaban J connectivity index is 4.02. The monoisotopic (exact) mass is 192 g/mol. The van der Waals surface area contributed by atoms with E-state index in [1.165, 1.54) is 0 Å². The average Bonchev–Trinajstić information content (AvgIpc) is 2.03. The Hall–Kier alpha value is -0.0500. The van der Waals surface area contributed by atoms with Gasteiger partial charge in [0.1, 0.15) is 9.84 Å². The first-order valence-corrected chi connectivity index (χ1v) is 6.58. The molecule has 1 unspecified atom stereocenters. The normalized spacial score (nSPS) is 14.6. The van der Waals surface area contributed by atoms with Crippen LogP contribution in [0, 0.1) is 5.92 Å². The molecule has 0 N–H and O–H groups in total. The Morgan fingerprint density at radius 1 is 1.17 bits per heavy atom. The van der Waals surface area contributed by atoms with E-state index in [1.807, 2.05) is 0 Å². The van der Waals surface area contributed by atoms with Crippen molar-refractivity contribution in [2.24, 2.45) is 5.92 Å². The van der Waals surface area contributed by atoms with Crippen molar-refractivity contribution >= 4 is 9.84 Å². The highest BCUT2D eigenvalue weighted by Crippen LogP contribution is 2.13. The van der Waals surface area contributed by atoms with Gasteiger partial charge in [-0.3, -0.25) is 0 Å². The van der Waals surface area contributed by atoms with Crippen LogP contribution in [0.15, 0.2) is 0 Å². The molecular formula is C9H20O2S. The van der Waals surface area contributed by atoms with Crippen LogP contribution in [0.1, 0.15) is 40.0 Å². The minimum Gasteiger partial charge on any atom is -0.229 e. The molecule has 0 aliphatic heterocycles. The molecule has 3 heteroatoms. The van der Waals surface area contributed by atoms with E-state index in [-0.39, 0.29) is 5.75 Å². The highest BCUT2D eigenvalue weighted by molar-refractivity contribution is 7.91. The van der Waals surface area contributed by atoms with Gasteiger partial charge in [0.25, 0.3) is 0 Å². The molecule has 0 aliphatic rings. The highest BCUT2D eigenvalue weighted by atomic mass is 32.2. The summed E-state index contributed by atoms with van der Waals surface area (Å²) in [5.41, 5.74) is 0. The van der Waals surface area contributed by atoms with Crippen molar-refractivity contribution in [3.8, 4) is 0 Å². The van der Waals surface area contributed by atoms with Gasteiger partial charge in [-0.15, -0.1) is 0 Å². The van der Waals surface area contributed by atoms with Gasteiger partial charge in [0.15, 0.2) is 0 Å². The molecular weight excluding hydrogens is 172 g/mol. The molecule has 74 valence electrons. The number of sulfone groups is 1. The van der Waals surface area contributed by atoms with Crippen LogP contribution >= 0.6 is 0 Å². The molecule has 0 bridgehead atoms. The van der Waals surface area contributed by atoms with Crippen LogP contribution < -0.4 is 0 Å². The standard InChI is InChI=1S/C9H20O2S/c1-4-7-9(5-2)8-12(10,11)6-3/h9H,4-8H2,1-3H3. The Morgan fingerprint density at radius 2 is 1.75 bits per heavy atom. The molecule has 12 heavy (non-hydrogen) atoms. The first-order valence-electron chi connectivity index (χ1n) is 4.76. The van der Waals surface area contributed by atoms with Crippen LogP contribution in [-0.4, -0.2) is 19.9 Å². The molecule has 0 saturated carbocycles. The van der Waals surface area contributed by atoms with E-state index in [2.05, 4.69) is 13.8 Å². The summed E-state index contributed by atoms with van der Waals surface area (Å²) in [5.74, 6) is 1.04. The SMILES string of the molecule is CCCC(CC)CS(=O)(=O)CC. The maximum atomic E-state index is 11.2. The average molecular weight is 192 g/mol. The van der Waals surface area contributed by atoms with Gasteiger partial charge in [0.2, 0.25) is 0 Å². The summed E-state index contributed by atoms with van der Waals surface area (Å²) in [7, 11) is -2.75. The third-order valence-electron chi connectivity index (χ3n) is 2.20. The fraction of sp³-hybridized carbons (Fsp3) is 1.00. The maximum Gasteiger partial charge on any atom is 0.150 e. The number of hydrogen-bond donors (Lipinski definition) is 0. The molecule has 2 nitrogen and oxygen atoms in total. The van der Waals surface area contributed by atoms with Gasteiger partial charge in [-0.1, -0.05) is 33.6 Å². The lowest BCUT2D eigenvalue weighted by molar-refractivity contribution is 0.498. The van der Waals surface area contributed by atoms with Crippen molar-refractivity contribution in [2.75, 3.05) is 11.5 Å². The minimum atomic E-state index is -2.75. The fourth-order valence-corrected chi connectivity index (χ4v) is 2.65. The van der Waals surface area contributed by atoms with Crippen LogP contribution in [-0.2, 0) is 9.84 Å². The zero-order valence-corrected chi connectivity index (χ0v) is 9.15. The molecule has 0 amide bonds. The van der Waals surface area contributed by atoms with Gasteiger partial charge in [-0.25, -0.2) is 8.42 Å².